The Morgan fingerprint density at radius 3 is 2.18 bits per heavy atom. The van der Waals surface area contributed by atoms with Crippen LogP contribution in [0.3, 0.4) is 0 Å². The van der Waals surface area contributed by atoms with Gasteiger partial charge in [-0.25, -0.2) is 8.42 Å². The lowest BCUT2D eigenvalue weighted by atomic mass is 10.1. The highest BCUT2D eigenvalue weighted by Crippen LogP contribution is 2.29. The Kier molecular flexibility index (Phi) is 11.0. The third kappa shape index (κ3) is 8.39. The summed E-state index contributed by atoms with van der Waals surface area (Å²) < 4.78 is 35.1. The van der Waals surface area contributed by atoms with E-state index in [1.165, 1.54) is 17.0 Å². The van der Waals surface area contributed by atoms with E-state index in [-0.39, 0.29) is 23.0 Å². The third-order valence-corrected chi connectivity index (χ3v) is 8.97. The molecule has 0 saturated heterocycles. The standard InChI is InChI=1S/C34H36ClN3O5S/c1-4-21-36-34(40)26(3)37(23-27-9-8-10-28(35)22-27)33(39)24-38(44(41,42)32-19-13-25(2)14-20-32)29-15-17-31(18-16-29)43-30-11-6-5-7-12-30/h5-20,22,26H,4,21,23-24H2,1-3H3,(H,36,40)/t26-/m1/s1. The Morgan fingerprint density at radius 2 is 1.55 bits per heavy atom. The smallest absolute Gasteiger partial charge is 0.264 e. The topological polar surface area (TPSA) is 96.0 Å². The molecule has 44 heavy (non-hydrogen) atoms. The van der Waals surface area contributed by atoms with Gasteiger partial charge in [-0.05, 0) is 86.5 Å². The molecule has 0 fully saturated rings. The first-order chi connectivity index (χ1) is 21.1. The Morgan fingerprint density at radius 1 is 0.886 bits per heavy atom. The molecular formula is C34H36ClN3O5S. The maximum absolute atomic E-state index is 14.1. The highest BCUT2D eigenvalue weighted by atomic mass is 35.5. The number of carbonyl (C=O) groups is 2. The molecule has 0 spiro atoms. The predicted molar refractivity (Wildman–Crippen MR) is 173 cm³/mol. The molecule has 0 aliphatic heterocycles. The Labute approximate surface area is 264 Å². The molecule has 1 N–H and O–H groups in total. The van der Waals surface area contributed by atoms with Crippen LogP contribution in [0, 0.1) is 6.92 Å². The lowest BCUT2D eigenvalue weighted by Gasteiger charge is -2.32. The van der Waals surface area contributed by atoms with Gasteiger partial charge in [0.1, 0.15) is 24.1 Å². The van der Waals surface area contributed by atoms with E-state index in [4.69, 9.17) is 16.3 Å². The molecule has 0 aromatic heterocycles. The predicted octanol–water partition coefficient (Wildman–Crippen LogP) is 6.58. The fraction of sp³-hybridized carbons (Fsp3) is 0.235. The van der Waals surface area contributed by atoms with Gasteiger partial charge in [0.2, 0.25) is 11.8 Å². The number of halogens is 1. The lowest BCUT2D eigenvalue weighted by Crippen LogP contribution is -2.51. The van der Waals surface area contributed by atoms with E-state index in [1.807, 2.05) is 44.2 Å². The summed E-state index contributed by atoms with van der Waals surface area (Å²) >= 11 is 6.20. The second-order valence-electron chi connectivity index (χ2n) is 10.4. The van der Waals surface area contributed by atoms with Gasteiger partial charge in [-0.15, -0.1) is 0 Å². The van der Waals surface area contributed by atoms with Gasteiger partial charge in [-0.3, -0.25) is 13.9 Å². The number of sulfonamides is 1. The normalized spacial score (nSPS) is 11.8. The highest BCUT2D eigenvalue weighted by Gasteiger charge is 2.32. The van der Waals surface area contributed by atoms with Crippen LogP contribution in [0.2, 0.25) is 5.02 Å². The van der Waals surface area contributed by atoms with Crippen molar-refractivity contribution < 1.29 is 22.7 Å². The monoisotopic (exact) mass is 633 g/mol. The zero-order valence-corrected chi connectivity index (χ0v) is 26.5. The second kappa shape index (κ2) is 14.9. The summed E-state index contributed by atoms with van der Waals surface area (Å²) in [7, 11) is -4.19. The van der Waals surface area contributed by atoms with E-state index < -0.39 is 28.5 Å². The maximum atomic E-state index is 14.1. The minimum absolute atomic E-state index is 0.0376. The van der Waals surface area contributed by atoms with Crippen LogP contribution in [-0.4, -0.2) is 44.3 Å². The fourth-order valence-electron chi connectivity index (χ4n) is 4.48. The van der Waals surface area contributed by atoms with Crippen LogP contribution in [0.25, 0.3) is 0 Å². The number of benzene rings is 4. The SMILES string of the molecule is CCCNC(=O)[C@@H](C)N(Cc1cccc(Cl)c1)C(=O)CN(c1ccc(Oc2ccccc2)cc1)S(=O)(=O)c1ccc(C)cc1. The van der Waals surface area contributed by atoms with E-state index in [1.54, 1.807) is 67.6 Å². The molecule has 4 aromatic carbocycles. The molecule has 0 bridgehead atoms. The van der Waals surface area contributed by atoms with E-state index in [9.17, 15) is 18.0 Å². The molecular weight excluding hydrogens is 598 g/mol. The molecule has 0 aliphatic carbocycles. The molecule has 4 aromatic rings. The quantitative estimate of drug-likeness (QED) is 0.179. The maximum Gasteiger partial charge on any atom is 0.264 e. The van der Waals surface area contributed by atoms with Gasteiger partial charge in [-0.1, -0.05) is 66.6 Å². The van der Waals surface area contributed by atoms with Crippen molar-refractivity contribution in [2.24, 2.45) is 0 Å². The summed E-state index contributed by atoms with van der Waals surface area (Å²) in [5.74, 6) is 0.247. The van der Waals surface area contributed by atoms with Gasteiger partial charge in [0.05, 0.1) is 10.6 Å². The zero-order chi connectivity index (χ0) is 31.7. The molecule has 0 radical (unpaired) electrons. The van der Waals surface area contributed by atoms with Crippen molar-refractivity contribution in [2.75, 3.05) is 17.4 Å². The van der Waals surface area contributed by atoms with Crippen LogP contribution < -0.4 is 14.4 Å². The van der Waals surface area contributed by atoms with Crippen molar-refractivity contribution in [1.29, 1.82) is 0 Å². The molecule has 0 heterocycles. The molecule has 2 amide bonds. The molecule has 0 aliphatic rings. The minimum Gasteiger partial charge on any atom is -0.457 e. The molecule has 0 saturated carbocycles. The Hall–Kier alpha value is -4.34. The summed E-state index contributed by atoms with van der Waals surface area (Å²) in [5, 5.41) is 3.32. The van der Waals surface area contributed by atoms with Crippen LogP contribution >= 0.6 is 11.6 Å². The summed E-state index contributed by atoms with van der Waals surface area (Å²) in [5.41, 5.74) is 1.87. The average Bonchev–Trinajstić information content (AvgIpc) is 3.02. The number of rotatable bonds is 13. The van der Waals surface area contributed by atoms with Crippen LogP contribution in [-0.2, 0) is 26.2 Å². The number of amides is 2. The van der Waals surface area contributed by atoms with Gasteiger partial charge in [0, 0.05) is 18.1 Å². The fourth-order valence-corrected chi connectivity index (χ4v) is 6.11. The number of anilines is 1. The van der Waals surface area contributed by atoms with Gasteiger partial charge in [0.25, 0.3) is 10.0 Å². The molecule has 0 unspecified atom stereocenters. The molecule has 1 atom stereocenters. The number of carbonyl (C=O) groups excluding carboxylic acids is 2. The first-order valence-corrected chi connectivity index (χ1v) is 16.1. The highest BCUT2D eigenvalue weighted by molar-refractivity contribution is 7.92. The molecule has 4 rings (SSSR count). The number of nitrogens with one attached hydrogen (secondary N) is 1. The van der Waals surface area contributed by atoms with Crippen LogP contribution in [0.5, 0.6) is 11.5 Å². The number of hydrogen-bond donors (Lipinski definition) is 1. The number of hydrogen-bond acceptors (Lipinski definition) is 5. The van der Waals surface area contributed by atoms with Gasteiger partial charge in [0.15, 0.2) is 0 Å². The molecule has 8 nitrogen and oxygen atoms in total. The third-order valence-electron chi connectivity index (χ3n) is 6.95. The Bertz CT molecular complexity index is 1660. The van der Waals surface area contributed by atoms with Crippen molar-refractivity contribution in [3.05, 3.63) is 119 Å². The zero-order valence-electron chi connectivity index (χ0n) is 24.9. The van der Waals surface area contributed by atoms with Crippen molar-refractivity contribution in [1.82, 2.24) is 10.2 Å². The van der Waals surface area contributed by atoms with E-state index in [2.05, 4.69) is 5.32 Å². The number of ether oxygens (including phenoxy) is 1. The van der Waals surface area contributed by atoms with Gasteiger partial charge < -0.3 is 15.0 Å². The van der Waals surface area contributed by atoms with E-state index >= 15 is 0 Å². The van der Waals surface area contributed by atoms with Crippen molar-refractivity contribution in [3.8, 4) is 11.5 Å². The van der Waals surface area contributed by atoms with E-state index in [0.29, 0.717) is 28.6 Å². The first-order valence-electron chi connectivity index (χ1n) is 14.3. The second-order valence-corrected chi connectivity index (χ2v) is 12.7. The summed E-state index contributed by atoms with van der Waals surface area (Å²) in [6, 6.07) is 28.2. The molecule has 10 heteroatoms. The minimum atomic E-state index is -4.19. The first kappa shape index (κ1) is 32.6. The summed E-state index contributed by atoms with van der Waals surface area (Å²) in [4.78, 5) is 28.5. The van der Waals surface area contributed by atoms with Crippen LogP contribution in [0.1, 0.15) is 31.4 Å². The number of nitrogens with zero attached hydrogens (tertiary/aromatic N) is 2. The average molecular weight is 634 g/mol. The molecule has 230 valence electrons. The lowest BCUT2D eigenvalue weighted by molar-refractivity contribution is -0.139. The summed E-state index contributed by atoms with van der Waals surface area (Å²) in [6.07, 6.45) is 0.729. The Balaban J connectivity index is 1.70. The van der Waals surface area contributed by atoms with Crippen molar-refractivity contribution in [3.63, 3.8) is 0 Å². The van der Waals surface area contributed by atoms with Crippen molar-refractivity contribution in [2.45, 2.75) is 44.7 Å². The number of aryl methyl sites for hydroxylation is 1. The van der Waals surface area contributed by atoms with Gasteiger partial charge >= 0.3 is 0 Å². The largest absolute Gasteiger partial charge is 0.457 e. The number of para-hydroxylation sites is 1. The van der Waals surface area contributed by atoms with Crippen LogP contribution in [0.4, 0.5) is 5.69 Å². The van der Waals surface area contributed by atoms with Crippen molar-refractivity contribution >= 4 is 39.1 Å². The van der Waals surface area contributed by atoms with E-state index in [0.717, 1.165) is 16.3 Å². The van der Waals surface area contributed by atoms with Crippen LogP contribution in [0.15, 0.2) is 108 Å². The van der Waals surface area contributed by atoms with Gasteiger partial charge in [-0.2, -0.15) is 0 Å². The summed E-state index contributed by atoms with van der Waals surface area (Å²) in [6.45, 7) is 5.39.